The van der Waals surface area contributed by atoms with Gasteiger partial charge in [-0.15, -0.1) is 0 Å². The Hall–Kier alpha value is -1.77. The van der Waals surface area contributed by atoms with E-state index in [1.165, 1.54) is 0 Å². The Kier molecular flexibility index (Phi) is 3.25. The van der Waals surface area contributed by atoms with Crippen LogP contribution in [0.25, 0.3) is 0 Å². The predicted octanol–water partition coefficient (Wildman–Crippen LogP) is 2.66. The van der Waals surface area contributed by atoms with Crippen molar-refractivity contribution in [3.05, 3.63) is 42.0 Å². The van der Waals surface area contributed by atoms with E-state index in [0.717, 1.165) is 18.5 Å². The molecule has 0 fully saturated rings. The van der Waals surface area contributed by atoms with Crippen molar-refractivity contribution in [1.29, 1.82) is 0 Å². The number of carboxylic acids is 1. The predicted molar refractivity (Wildman–Crippen MR) is 63.4 cm³/mol. The SMILES string of the molecule is O=C(O)C1=CCC(Nc2ccccc2)CC1. The molecule has 1 aromatic rings. The van der Waals surface area contributed by atoms with Gasteiger partial charge in [0, 0.05) is 17.3 Å². The Balaban J connectivity index is 1.93. The fourth-order valence-corrected chi connectivity index (χ4v) is 1.93. The number of para-hydroxylation sites is 1. The van der Waals surface area contributed by atoms with Crippen molar-refractivity contribution in [3.8, 4) is 0 Å². The van der Waals surface area contributed by atoms with Crippen molar-refractivity contribution in [2.24, 2.45) is 0 Å². The Morgan fingerprint density at radius 2 is 2.06 bits per heavy atom. The summed E-state index contributed by atoms with van der Waals surface area (Å²) in [6.45, 7) is 0. The smallest absolute Gasteiger partial charge is 0.331 e. The van der Waals surface area contributed by atoms with Crippen molar-refractivity contribution in [1.82, 2.24) is 0 Å². The zero-order chi connectivity index (χ0) is 11.4. The molecule has 16 heavy (non-hydrogen) atoms. The van der Waals surface area contributed by atoms with Crippen LogP contribution in [0.5, 0.6) is 0 Å². The average Bonchev–Trinajstić information content (AvgIpc) is 2.31. The molecule has 0 aromatic heterocycles. The first-order valence-corrected chi connectivity index (χ1v) is 5.49. The van der Waals surface area contributed by atoms with E-state index >= 15 is 0 Å². The van der Waals surface area contributed by atoms with Crippen molar-refractivity contribution in [2.45, 2.75) is 25.3 Å². The van der Waals surface area contributed by atoms with Crippen LogP contribution in [0.15, 0.2) is 42.0 Å². The number of hydrogen-bond donors (Lipinski definition) is 2. The minimum Gasteiger partial charge on any atom is -0.478 e. The number of nitrogens with one attached hydrogen (secondary N) is 1. The summed E-state index contributed by atoms with van der Waals surface area (Å²) in [5.74, 6) is -0.779. The molecule has 2 rings (SSSR count). The Morgan fingerprint density at radius 3 is 2.62 bits per heavy atom. The highest BCUT2D eigenvalue weighted by atomic mass is 16.4. The fourth-order valence-electron chi connectivity index (χ4n) is 1.93. The highest BCUT2D eigenvalue weighted by molar-refractivity contribution is 5.86. The van der Waals surface area contributed by atoms with Crippen molar-refractivity contribution < 1.29 is 9.90 Å². The first-order valence-electron chi connectivity index (χ1n) is 5.49. The molecule has 0 bridgehead atoms. The maximum atomic E-state index is 10.7. The van der Waals surface area contributed by atoms with Crippen LogP contribution < -0.4 is 5.32 Å². The molecule has 0 aliphatic heterocycles. The van der Waals surface area contributed by atoms with Gasteiger partial charge in [-0.2, -0.15) is 0 Å². The third-order valence-corrected chi connectivity index (χ3v) is 2.83. The third-order valence-electron chi connectivity index (χ3n) is 2.83. The van der Waals surface area contributed by atoms with Gasteiger partial charge in [0.2, 0.25) is 0 Å². The van der Waals surface area contributed by atoms with E-state index in [1.807, 2.05) is 36.4 Å². The molecule has 1 aromatic carbocycles. The number of aliphatic carboxylic acids is 1. The van der Waals surface area contributed by atoms with Crippen molar-refractivity contribution >= 4 is 11.7 Å². The minimum absolute atomic E-state index is 0.352. The van der Waals surface area contributed by atoms with E-state index in [-0.39, 0.29) is 0 Å². The van der Waals surface area contributed by atoms with E-state index in [2.05, 4.69) is 5.32 Å². The van der Waals surface area contributed by atoms with Crippen molar-refractivity contribution in [3.63, 3.8) is 0 Å². The van der Waals surface area contributed by atoms with Gasteiger partial charge in [-0.05, 0) is 31.4 Å². The van der Waals surface area contributed by atoms with Gasteiger partial charge in [-0.25, -0.2) is 4.79 Å². The molecule has 0 saturated carbocycles. The van der Waals surface area contributed by atoms with Crippen LogP contribution in [0.3, 0.4) is 0 Å². The van der Waals surface area contributed by atoms with Crippen LogP contribution >= 0.6 is 0 Å². The lowest BCUT2D eigenvalue weighted by Crippen LogP contribution is -2.23. The third kappa shape index (κ3) is 2.63. The van der Waals surface area contributed by atoms with Gasteiger partial charge in [0.05, 0.1) is 0 Å². The van der Waals surface area contributed by atoms with Crippen LogP contribution in [-0.4, -0.2) is 17.1 Å². The zero-order valence-electron chi connectivity index (χ0n) is 9.02. The molecule has 0 heterocycles. The number of carbonyl (C=O) groups is 1. The summed E-state index contributed by atoms with van der Waals surface area (Å²) >= 11 is 0. The lowest BCUT2D eigenvalue weighted by Gasteiger charge is -2.22. The fraction of sp³-hybridized carbons (Fsp3) is 0.308. The Morgan fingerprint density at radius 1 is 1.31 bits per heavy atom. The molecular formula is C13H15NO2. The molecule has 1 aliphatic rings. The Labute approximate surface area is 94.8 Å². The number of anilines is 1. The molecule has 0 saturated heterocycles. The van der Waals surface area contributed by atoms with Gasteiger partial charge in [-0.1, -0.05) is 24.3 Å². The first-order chi connectivity index (χ1) is 7.75. The van der Waals surface area contributed by atoms with E-state index in [0.29, 0.717) is 18.0 Å². The maximum absolute atomic E-state index is 10.7. The zero-order valence-corrected chi connectivity index (χ0v) is 9.02. The van der Waals surface area contributed by atoms with Crippen molar-refractivity contribution in [2.75, 3.05) is 5.32 Å². The number of hydrogen-bond acceptors (Lipinski definition) is 2. The monoisotopic (exact) mass is 217 g/mol. The van der Waals surface area contributed by atoms with Crippen LogP contribution in [0, 0.1) is 0 Å². The second-order valence-corrected chi connectivity index (χ2v) is 4.02. The van der Waals surface area contributed by atoms with Crippen LogP contribution in [0.2, 0.25) is 0 Å². The molecule has 0 spiro atoms. The van der Waals surface area contributed by atoms with Gasteiger partial charge < -0.3 is 10.4 Å². The summed E-state index contributed by atoms with van der Waals surface area (Å²) in [5.41, 5.74) is 1.64. The molecule has 2 N–H and O–H groups in total. The summed E-state index contributed by atoms with van der Waals surface area (Å²) in [6, 6.07) is 10.4. The quantitative estimate of drug-likeness (QED) is 0.818. The van der Waals surface area contributed by atoms with Gasteiger partial charge in [0.15, 0.2) is 0 Å². The summed E-state index contributed by atoms with van der Waals surface area (Å²) in [4.78, 5) is 10.7. The topological polar surface area (TPSA) is 49.3 Å². The Bertz CT molecular complexity index is 398. The molecule has 1 atom stereocenters. The molecule has 1 aliphatic carbocycles. The molecular weight excluding hydrogens is 202 g/mol. The van der Waals surface area contributed by atoms with Gasteiger partial charge in [0.25, 0.3) is 0 Å². The average molecular weight is 217 g/mol. The maximum Gasteiger partial charge on any atom is 0.331 e. The van der Waals surface area contributed by atoms with E-state index < -0.39 is 5.97 Å². The largest absolute Gasteiger partial charge is 0.478 e. The minimum atomic E-state index is -0.779. The number of carboxylic acid groups (broad SMARTS) is 1. The highest BCUT2D eigenvalue weighted by Crippen LogP contribution is 2.21. The second-order valence-electron chi connectivity index (χ2n) is 4.02. The summed E-state index contributed by atoms with van der Waals surface area (Å²) < 4.78 is 0. The number of rotatable bonds is 3. The first kappa shape index (κ1) is 10.7. The van der Waals surface area contributed by atoms with Crippen LogP contribution in [0.4, 0.5) is 5.69 Å². The van der Waals surface area contributed by atoms with Crippen LogP contribution in [-0.2, 0) is 4.79 Å². The van der Waals surface area contributed by atoms with E-state index in [1.54, 1.807) is 0 Å². The molecule has 3 nitrogen and oxygen atoms in total. The summed E-state index contributed by atoms with van der Waals surface area (Å²) in [5, 5.41) is 12.2. The summed E-state index contributed by atoms with van der Waals surface area (Å²) in [6.07, 6.45) is 4.15. The lowest BCUT2D eigenvalue weighted by molar-refractivity contribution is -0.132. The van der Waals surface area contributed by atoms with E-state index in [4.69, 9.17) is 5.11 Å². The molecule has 84 valence electrons. The van der Waals surface area contributed by atoms with E-state index in [9.17, 15) is 4.79 Å². The molecule has 0 radical (unpaired) electrons. The molecule has 3 heteroatoms. The standard InChI is InChI=1S/C13H15NO2/c15-13(16)10-6-8-12(9-7-10)14-11-4-2-1-3-5-11/h1-6,12,14H,7-9H2,(H,15,16). The number of benzene rings is 1. The lowest BCUT2D eigenvalue weighted by atomic mass is 9.95. The summed E-state index contributed by atoms with van der Waals surface area (Å²) in [7, 11) is 0. The molecule has 1 unspecified atom stereocenters. The van der Waals surface area contributed by atoms with Gasteiger partial charge in [0.1, 0.15) is 0 Å². The molecule has 0 amide bonds. The second kappa shape index (κ2) is 4.84. The van der Waals surface area contributed by atoms with Gasteiger partial charge >= 0.3 is 5.97 Å². The van der Waals surface area contributed by atoms with Crippen LogP contribution in [0.1, 0.15) is 19.3 Å². The van der Waals surface area contributed by atoms with Gasteiger partial charge in [-0.3, -0.25) is 0 Å². The highest BCUT2D eigenvalue weighted by Gasteiger charge is 2.17. The normalized spacial score (nSPS) is 20.0.